The van der Waals surface area contributed by atoms with Gasteiger partial charge in [-0.05, 0) is 38.1 Å². The van der Waals surface area contributed by atoms with E-state index in [2.05, 4.69) is 47.8 Å². The Hall–Kier alpha value is -2.02. The van der Waals surface area contributed by atoms with Crippen LogP contribution in [-0.4, -0.2) is 33.5 Å². The van der Waals surface area contributed by atoms with E-state index in [0.717, 1.165) is 22.4 Å². The zero-order valence-electron chi connectivity index (χ0n) is 14.7. The highest BCUT2D eigenvalue weighted by Gasteiger charge is 2.18. The third kappa shape index (κ3) is 4.50. The van der Waals surface area contributed by atoms with Crippen LogP contribution >= 0.6 is 11.8 Å². The van der Waals surface area contributed by atoms with Gasteiger partial charge in [0.1, 0.15) is 11.6 Å². The summed E-state index contributed by atoms with van der Waals surface area (Å²) in [6, 6.07) is 7.51. The third-order valence-electron chi connectivity index (χ3n) is 3.43. The molecule has 1 aromatic heterocycles. The molecule has 0 fully saturated rings. The Balaban J connectivity index is 1.98. The van der Waals surface area contributed by atoms with Gasteiger partial charge in [0.25, 0.3) is 0 Å². The Bertz CT molecular complexity index is 680. The normalized spacial score (nSPS) is 11.1. The molecule has 1 heterocycles. The molecule has 0 aliphatic carbocycles. The molecule has 0 aliphatic rings. The maximum atomic E-state index is 12.1. The first kappa shape index (κ1) is 18.3. The Morgan fingerprint density at radius 3 is 2.42 bits per heavy atom. The average molecular weight is 348 g/mol. The number of rotatable bonds is 7. The topological polar surface area (TPSA) is 69.0 Å². The second-order valence-electron chi connectivity index (χ2n) is 6.02. The minimum Gasteiger partial charge on any atom is -0.497 e. The standard InChI is InChI=1S/C17H24N4O2S/c1-11(2)16-19-20-17(21(16)12(3)4)24-10-15(22)18-13-6-8-14(23-5)9-7-13/h6-9,11-12H,10H2,1-5H3,(H,18,22). The van der Waals surface area contributed by atoms with E-state index in [9.17, 15) is 4.79 Å². The molecule has 0 saturated heterocycles. The summed E-state index contributed by atoms with van der Waals surface area (Å²) in [5.74, 6) is 2.21. The molecule has 1 N–H and O–H groups in total. The molecule has 0 bridgehead atoms. The molecule has 0 aliphatic heterocycles. The molecular formula is C17H24N4O2S. The Morgan fingerprint density at radius 2 is 1.88 bits per heavy atom. The number of benzene rings is 1. The Morgan fingerprint density at radius 1 is 1.21 bits per heavy atom. The first-order valence-corrected chi connectivity index (χ1v) is 8.92. The van der Waals surface area contributed by atoms with Crippen molar-refractivity contribution in [3.05, 3.63) is 30.1 Å². The van der Waals surface area contributed by atoms with Crippen LogP contribution in [0, 0.1) is 0 Å². The van der Waals surface area contributed by atoms with Crippen molar-refractivity contribution in [2.75, 3.05) is 18.2 Å². The van der Waals surface area contributed by atoms with E-state index < -0.39 is 0 Å². The molecular weight excluding hydrogens is 324 g/mol. The molecule has 0 unspecified atom stereocenters. The van der Waals surface area contributed by atoms with E-state index in [4.69, 9.17) is 4.74 Å². The molecule has 1 amide bonds. The van der Waals surface area contributed by atoms with E-state index in [1.165, 1.54) is 11.8 Å². The van der Waals surface area contributed by atoms with Crippen LogP contribution in [-0.2, 0) is 4.79 Å². The van der Waals surface area contributed by atoms with Gasteiger partial charge in [0, 0.05) is 17.6 Å². The van der Waals surface area contributed by atoms with Crippen LogP contribution in [0.2, 0.25) is 0 Å². The number of hydrogen-bond acceptors (Lipinski definition) is 5. The molecule has 24 heavy (non-hydrogen) atoms. The quantitative estimate of drug-likeness (QED) is 0.772. The third-order valence-corrected chi connectivity index (χ3v) is 4.37. The van der Waals surface area contributed by atoms with Crippen LogP contribution < -0.4 is 10.1 Å². The number of nitrogens with zero attached hydrogens (tertiary/aromatic N) is 3. The van der Waals surface area contributed by atoms with Crippen molar-refractivity contribution in [3.8, 4) is 5.75 Å². The fraction of sp³-hybridized carbons (Fsp3) is 0.471. The van der Waals surface area contributed by atoms with E-state index in [1.807, 2.05) is 24.3 Å². The van der Waals surface area contributed by atoms with Gasteiger partial charge in [-0.25, -0.2) is 0 Å². The molecule has 6 nitrogen and oxygen atoms in total. The monoisotopic (exact) mass is 348 g/mol. The number of carbonyl (C=O) groups excluding carboxylic acids is 1. The molecule has 0 radical (unpaired) electrons. The lowest BCUT2D eigenvalue weighted by Crippen LogP contribution is -2.15. The molecule has 0 saturated carbocycles. The summed E-state index contributed by atoms with van der Waals surface area (Å²) >= 11 is 1.40. The number of ether oxygens (including phenoxy) is 1. The van der Waals surface area contributed by atoms with Crippen molar-refractivity contribution < 1.29 is 9.53 Å². The number of thioether (sulfide) groups is 1. The summed E-state index contributed by atoms with van der Waals surface area (Å²) in [4.78, 5) is 12.1. The highest BCUT2D eigenvalue weighted by molar-refractivity contribution is 7.99. The van der Waals surface area contributed by atoms with Crippen molar-refractivity contribution in [1.29, 1.82) is 0 Å². The van der Waals surface area contributed by atoms with Crippen molar-refractivity contribution in [2.45, 2.75) is 44.8 Å². The fourth-order valence-corrected chi connectivity index (χ4v) is 3.14. The first-order chi connectivity index (χ1) is 11.4. The summed E-state index contributed by atoms with van der Waals surface area (Å²) in [5.41, 5.74) is 0.745. The van der Waals surface area contributed by atoms with Crippen LogP contribution in [0.3, 0.4) is 0 Å². The van der Waals surface area contributed by atoms with Gasteiger partial charge in [-0.1, -0.05) is 25.6 Å². The predicted molar refractivity (Wildman–Crippen MR) is 96.8 cm³/mol. The molecule has 0 spiro atoms. The number of amides is 1. The lowest BCUT2D eigenvalue weighted by molar-refractivity contribution is -0.113. The Labute approximate surface area is 147 Å². The molecule has 1 aromatic carbocycles. The molecule has 7 heteroatoms. The summed E-state index contributed by atoms with van der Waals surface area (Å²) < 4.78 is 7.20. The SMILES string of the molecule is COc1ccc(NC(=O)CSc2nnc(C(C)C)n2C(C)C)cc1. The highest BCUT2D eigenvalue weighted by atomic mass is 32.2. The number of nitrogens with one attached hydrogen (secondary N) is 1. The number of anilines is 1. The maximum Gasteiger partial charge on any atom is 0.234 e. The molecule has 130 valence electrons. The van der Waals surface area contributed by atoms with E-state index in [0.29, 0.717) is 5.92 Å². The van der Waals surface area contributed by atoms with Crippen LogP contribution in [0.25, 0.3) is 0 Å². The van der Waals surface area contributed by atoms with Crippen molar-refractivity contribution in [2.24, 2.45) is 0 Å². The molecule has 2 aromatic rings. The van der Waals surface area contributed by atoms with Crippen LogP contribution in [0.1, 0.15) is 45.5 Å². The second kappa shape index (κ2) is 8.19. The smallest absolute Gasteiger partial charge is 0.234 e. The van der Waals surface area contributed by atoms with E-state index in [-0.39, 0.29) is 17.7 Å². The van der Waals surface area contributed by atoms with Gasteiger partial charge in [0.2, 0.25) is 5.91 Å². The van der Waals surface area contributed by atoms with Crippen molar-refractivity contribution >= 4 is 23.4 Å². The van der Waals surface area contributed by atoms with Gasteiger partial charge in [-0.15, -0.1) is 10.2 Å². The number of aromatic nitrogens is 3. The Kier molecular flexibility index (Phi) is 6.25. The highest BCUT2D eigenvalue weighted by Crippen LogP contribution is 2.25. The van der Waals surface area contributed by atoms with Gasteiger partial charge in [-0.2, -0.15) is 0 Å². The summed E-state index contributed by atoms with van der Waals surface area (Å²) in [6.07, 6.45) is 0. The van der Waals surface area contributed by atoms with E-state index >= 15 is 0 Å². The van der Waals surface area contributed by atoms with Crippen LogP contribution in [0.15, 0.2) is 29.4 Å². The predicted octanol–water partition coefficient (Wildman–Crippen LogP) is 3.72. The minimum absolute atomic E-state index is 0.0745. The van der Waals surface area contributed by atoms with Gasteiger partial charge >= 0.3 is 0 Å². The van der Waals surface area contributed by atoms with Gasteiger partial charge < -0.3 is 14.6 Å². The fourth-order valence-electron chi connectivity index (χ4n) is 2.27. The lowest BCUT2D eigenvalue weighted by atomic mass is 10.2. The van der Waals surface area contributed by atoms with Gasteiger partial charge in [0.05, 0.1) is 12.9 Å². The number of carbonyl (C=O) groups is 1. The molecule has 0 atom stereocenters. The minimum atomic E-state index is -0.0745. The van der Waals surface area contributed by atoms with Gasteiger partial charge in [-0.3, -0.25) is 4.79 Å². The zero-order chi connectivity index (χ0) is 17.7. The zero-order valence-corrected chi connectivity index (χ0v) is 15.6. The van der Waals surface area contributed by atoms with E-state index in [1.54, 1.807) is 7.11 Å². The van der Waals surface area contributed by atoms with Crippen molar-refractivity contribution in [1.82, 2.24) is 14.8 Å². The first-order valence-electron chi connectivity index (χ1n) is 7.93. The van der Waals surface area contributed by atoms with Gasteiger partial charge in [0.15, 0.2) is 5.16 Å². The van der Waals surface area contributed by atoms with Crippen LogP contribution in [0.5, 0.6) is 5.75 Å². The maximum absolute atomic E-state index is 12.1. The van der Waals surface area contributed by atoms with Crippen molar-refractivity contribution in [3.63, 3.8) is 0 Å². The van der Waals surface area contributed by atoms with Crippen LogP contribution in [0.4, 0.5) is 5.69 Å². The largest absolute Gasteiger partial charge is 0.497 e. The summed E-state index contributed by atoms with van der Waals surface area (Å²) in [7, 11) is 1.61. The molecule has 2 rings (SSSR count). The average Bonchev–Trinajstić information content (AvgIpc) is 2.98. The lowest BCUT2D eigenvalue weighted by Gasteiger charge is -2.15. The number of hydrogen-bond donors (Lipinski definition) is 1. The number of methoxy groups -OCH3 is 1. The summed E-state index contributed by atoms with van der Waals surface area (Å²) in [5, 5.41) is 12.1. The summed E-state index contributed by atoms with van der Waals surface area (Å²) in [6.45, 7) is 8.37. The second-order valence-corrected chi connectivity index (χ2v) is 6.97.